The van der Waals surface area contributed by atoms with Crippen LogP contribution in [-0.4, -0.2) is 36.8 Å². The molecule has 154 valence electrons. The van der Waals surface area contributed by atoms with Crippen molar-refractivity contribution in [2.24, 2.45) is 0 Å². The first-order chi connectivity index (χ1) is 15.2. The summed E-state index contributed by atoms with van der Waals surface area (Å²) in [4.78, 5) is 24.4. The molecule has 1 amide bonds. The SMILES string of the molecule is O=C(CSc1nnc(CCc2nc3ccccc3[nH]2)o1)Nc1ccc2ncccc2c1. The number of pyridine rings is 1. The summed E-state index contributed by atoms with van der Waals surface area (Å²) in [5.41, 5.74) is 3.56. The molecule has 2 aromatic carbocycles. The molecule has 0 fully saturated rings. The molecule has 0 unspecified atom stereocenters. The molecule has 0 atom stereocenters. The lowest BCUT2D eigenvalue weighted by molar-refractivity contribution is -0.113. The molecule has 0 saturated heterocycles. The molecule has 0 spiro atoms. The van der Waals surface area contributed by atoms with Gasteiger partial charge in [-0.15, -0.1) is 10.2 Å². The van der Waals surface area contributed by atoms with Crippen LogP contribution in [0.25, 0.3) is 21.9 Å². The van der Waals surface area contributed by atoms with E-state index in [1.165, 1.54) is 11.8 Å². The smallest absolute Gasteiger partial charge is 0.277 e. The Labute approximate surface area is 181 Å². The van der Waals surface area contributed by atoms with E-state index >= 15 is 0 Å². The lowest BCUT2D eigenvalue weighted by Crippen LogP contribution is -2.13. The Balaban J connectivity index is 1.13. The van der Waals surface area contributed by atoms with Crippen molar-refractivity contribution >= 4 is 45.3 Å². The molecule has 9 heteroatoms. The summed E-state index contributed by atoms with van der Waals surface area (Å²) < 4.78 is 5.65. The predicted molar refractivity (Wildman–Crippen MR) is 119 cm³/mol. The topological polar surface area (TPSA) is 110 Å². The van der Waals surface area contributed by atoms with Crippen LogP contribution in [0.3, 0.4) is 0 Å². The van der Waals surface area contributed by atoms with Gasteiger partial charge in [0.2, 0.25) is 11.8 Å². The monoisotopic (exact) mass is 430 g/mol. The molecule has 0 aliphatic carbocycles. The first-order valence-electron chi connectivity index (χ1n) is 9.76. The fourth-order valence-electron chi connectivity index (χ4n) is 3.22. The Bertz CT molecular complexity index is 1330. The highest BCUT2D eigenvalue weighted by atomic mass is 32.2. The lowest BCUT2D eigenvalue weighted by Gasteiger charge is -2.05. The van der Waals surface area contributed by atoms with E-state index in [-0.39, 0.29) is 11.7 Å². The summed E-state index contributed by atoms with van der Waals surface area (Å²) in [5.74, 6) is 1.43. The number of H-pyrrole nitrogens is 1. The number of anilines is 1. The normalized spacial score (nSPS) is 11.2. The summed E-state index contributed by atoms with van der Waals surface area (Å²) in [6.45, 7) is 0. The maximum absolute atomic E-state index is 12.3. The number of nitrogens with one attached hydrogen (secondary N) is 2. The van der Waals surface area contributed by atoms with Crippen LogP contribution in [0, 0.1) is 0 Å². The van der Waals surface area contributed by atoms with Gasteiger partial charge in [-0.2, -0.15) is 0 Å². The first kappa shape index (κ1) is 19.3. The molecule has 5 aromatic rings. The third-order valence-corrected chi connectivity index (χ3v) is 5.49. The molecule has 3 aromatic heterocycles. The van der Waals surface area contributed by atoms with Gasteiger partial charge in [-0.3, -0.25) is 9.78 Å². The lowest BCUT2D eigenvalue weighted by atomic mass is 10.2. The van der Waals surface area contributed by atoms with E-state index in [2.05, 4.69) is 30.5 Å². The number of para-hydroxylation sites is 2. The van der Waals surface area contributed by atoms with Gasteiger partial charge in [0.1, 0.15) is 5.82 Å². The summed E-state index contributed by atoms with van der Waals surface area (Å²) in [6, 6.07) is 17.3. The molecular weight excluding hydrogens is 412 g/mol. The van der Waals surface area contributed by atoms with E-state index in [0.717, 1.165) is 33.4 Å². The van der Waals surface area contributed by atoms with Gasteiger partial charge in [-0.25, -0.2) is 4.98 Å². The molecule has 5 rings (SSSR count). The summed E-state index contributed by atoms with van der Waals surface area (Å²) in [5, 5.41) is 12.3. The van der Waals surface area contributed by atoms with E-state index in [9.17, 15) is 4.79 Å². The maximum atomic E-state index is 12.3. The molecule has 0 aliphatic rings. The van der Waals surface area contributed by atoms with E-state index in [1.807, 2.05) is 54.6 Å². The fraction of sp³-hybridized carbons (Fsp3) is 0.136. The Hall–Kier alpha value is -3.72. The highest BCUT2D eigenvalue weighted by Gasteiger charge is 2.11. The molecule has 31 heavy (non-hydrogen) atoms. The quantitative estimate of drug-likeness (QED) is 0.375. The highest BCUT2D eigenvalue weighted by Crippen LogP contribution is 2.20. The molecule has 0 aliphatic heterocycles. The average molecular weight is 430 g/mol. The van der Waals surface area contributed by atoms with Crippen LogP contribution >= 0.6 is 11.8 Å². The summed E-state index contributed by atoms with van der Waals surface area (Å²) in [6.07, 6.45) is 2.98. The third-order valence-electron chi connectivity index (χ3n) is 4.68. The molecule has 8 nitrogen and oxygen atoms in total. The van der Waals surface area contributed by atoms with E-state index in [4.69, 9.17) is 4.42 Å². The van der Waals surface area contributed by atoms with Gasteiger partial charge in [0.15, 0.2) is 0 Å². The molecular formula is C22H18N6O2S. The molecule has 0 saturated carbocycles. The number of amides is 1. The van der Waals surface area contributed by atoms with Crippen LogP contribution in [0.1, 0.15) is 11.7 Å². The van der Waals surface area contributed by atoms with Crippen LogP contribution in [-0.2, 0) is 17.6 Å². The Morgan fingerprint density at radius 3 is 2.90 bits per heavy atom. The Morgan fingerprint density at radius 2 is 1.97 bits per heavy atom. The van der Waals surface area contributed by atoms with Gasteiger partial charge in [0.25, 0.3) is 5.22 Å². The molecule has 2 N–H and O–H groups in total. The second-order valence-electron chi connectivity index (χ2n) is 6.91. The standard InChI is InChI=1S/C22H18N6O2S/c29-20(24-15-7-8-16-14(12-15)4-3-11-23-16)13-31-22-28-27-21(30-22)10-9-19-25-17-5-1-2-6-18(17)26-19/h1-8,11-12H,9-10,13H2,(H,24,29)(H,25,26). The van der Waals surface area contributed by atoms with Crippen molar-refractivity contribution < 1.29 is 9.21 Å². The molecule has 0 radical (unpaired) electrons. The van der Waals surface area contributed by atoms with Crippen molar-refractivity contribution in [2.75, 3.05) is 11.1 Å². The number of imidazole rings is 1. The van der Waals surface area contributed by atoms with E-state index in [0.29, 0.717) is 24.0 Å². The van der Waals surface area contributed by atoms with Gasteiger partial charge >= 0.3 is 0 Å². The second kappa shape index (κ2) is 8.57. The minimum atomic E-state index is -0.143. The van der Waals surface area contributed by atoms with E-state index < -0.39 is 0 Å². The largest absolute Gasteiger partial charge is 0.416 e. The highest BCUT2D eigenvalue weighted by molar-refractivity contribution is 7.99. The van der Waals surface area contributed by atoms with Gasteiger partial charge < -0.3 is 14.7 Å². The van der Waals surface area contributed by atoms with Gasteiger partial charge in [-0.1, -0.05) is 30.0 Å². The first-order valence-corrected chi connectivity index (χ1v) is 10.7. The van der Waals surface area contributed by atoms with Crippen molar-refractivity contribution in [1.82, 2.24) is 25.1 Å². The number of carbonyl (C=O) groups excluding carboxylic acids is 1. The van der Waals surface area contributed by atoms with Crippen molar-refractivity contribution in [2.45, 2.75) is 18.1 Å². The Kier molecular flexibility index (Phi) is 5.32. The number of hydrogen-bond acceptors (Lipinski definition) is 7. The van der Waals surface area contributed by atoms with Crippen LogP contribution in [0.2, 0.25) is 0 Å². The maximum Gasteiger partial charge on any atom is 0.277 e. The second-order valence-corrected chi connectivity index (χ2v) is 7.84. The number of rotatable bonds is 7. The number of thioether (sulfide) groups is 1. The number of nitrogens with zero attached hydrogens (tertiary/aromatic N) is 4. The van der Waals surface area contributed by atoms with Crippen LogP contribution in [0.15, 0.2) is 70.4 Å². The number of aryl methyl sites for hydroxylation is 2. The minimum absolute atomic E-state index is 0.143. The zero-order valence-corrected chi connectivity index (χ0v) is 17.2. The van der Waals surface area contributed by atoms with Gasteiger partial charge in [0.05, 0.1) is 22.3 Å². The summed E-state index contributed by atoms with van der Waals surface area (Å²) in [7, 11) is 0. The van der Waals surface area contributed by atoms with Crippen molar-refractivity contribution in [3.63, 3.8) is 0 Å². The zero-order chi connectivity index (χ0) is 21.0. The average Bonchev–Trinajstić information content (AvgIpc) is 3.42. The molecule has 0 bridgehead atoms. The van der Waals surface area contributed by atoms with Crippen molar-refractivity contribution in [3.8, 4) is 0 Å². The number of fused-ring (bicyclic) bond motifs is 2. The van der Waals surface area contributed by atoms with E-state index in [1.54, 1.807) is 6.20 Å². The minimum Gasteiger partial charge on any atom is -0.416 e. The van der Waals surface area contributed by atoms with Crippen molar-refractivity contribution in [1.29, 1.82) is 0 Å². The number of carbonyl (C=O) groups is 1. The third kappa shape index (κ3) is 4.56. The Morgan fingerprint density at radius 1 is 1.03 bits per heavy atom. The number of benzene rings is 2. The molecule has 3 heterocycles. The van der Waals surface area contributed by atoms with Crippen LogP contribution in [0.5, 0.6) is 0 Å². The van der Waals surface area contributed by atoms with Crippen LogP contribution < -0.4 is 5.32 Å². The van der Waals surface area contributed by atoms with Crippen LogP contribution in [0.4, 0.5) is 5.69 Å². The number of hydrogen-bond donors (Lipinski definition) is 2. The number of aromatic amines is 1. The van der Waals surface area contributed by atoms with Crippen molar-refractivity contribution in [3.05, 3.63) is 72.5 Å². The number of aromatic nitrogens is 5. The van der Waals surface area contributed by atoms with Gasteiger partial charge in [-0.05, 0) is 36.4 Å². The summed E-state index contributed by atoms with van der Waals surface area (Å²) >= 11 is 1.21. The van der Waals surface area contributed by atoms with Gasteiger partial charge in [0, 0.05) is 30.1 Å². The zero-order valence-electron chi connectivity index (χ0n) is 16.4. The fourth-order valence-corrected chi connectivity index (χ4v) is 3.81. The predicted octanol–water partition coefficient (Wildman–Crippen LogP) is 4.01.